The van der Waals surface area contributed by atoms with Gasteiger partial charge in [-0.1, -0.05) is 0 Å². The van der Waals surface area contributed by atoms with Crippen LogP contribution in [0.2, 0.25) is 0 Å². The van der Waals surface area contributed by atoms with Gasteiger partial charge < -0.3 is 0 Å². The zero-order valence-corrected chi connectivity index (χ0v) is 8.50. The van der Waals surface area contributed by atoms with Crippen LogP contribution in [0.1, 0.15) is 5.56 Å². The van der Waals surface area contributed by atoms with E-state index in [4.69, 9.17) is 0 Å². The molecule has 6 heteroatoms. The van der Waals surface area contributed by atoms with Crippen molar-refractivity contribution in [1.29, 1.82) is 0 Å². The lowest BCUT2D eigenvalue weighted by molar-refractivity contribution is -0.137. The van der Waals surface area contributed by atoms with Crippen LogP contribution in [0.15, 0.2) is 42.7 Å². The van der Waals surface area contributed by atoms with Gasteiger partial charge in [0.2, 0.25) is 0 Å². The number of hydrogen-bond acceptors (Lipinski definition) is 1. The first-order valence-corrected chi connectivity index (χ1v) is 4.73. The largest absolute Gasteiger partial charge is 0.416 e. The lowest BCUT2D eigenvalue weighted by Gasteiger charge is -2.11. The predicted molar refractivity (Wildman–Crippen MR) is 54.9 cm³/mol. The van der Waals surface area contributed by atoms with Gasteiger partial charge in [0.15, 0.2) is 0 Å². The van der Waals surface area contributed by atoms with Crippen molar-refractivity contribution in [2.75, 3.05) is 5.43 Å². The molecule has 0 saturated carbocycles. The summed E-state index contributed by atoms with van der Waals surface area (Å²) in [7, 11) is 0. The minimum atomic E-state index is -4.53. The quantitative estimate of drug-likeness (QED) is 0.800. The number of rotatable bonds is 2. The van der Waals surface area contributed by atoms with E-state index >= 15 is 0 Å². The maximum atomic E-state index is 13.4. The van der Waals surface area contributed by atoms with E-state index in [-0.39, 0.29) is 5.69 Å². The van der Waals surface area contributed by atoms with E-state index in [1.165, 1.54) is 4.68 Å². The number of aromatic nitrogens is 1. The van der Waals surface area contributed by atoms with E-state index < -0.39 is 17.6 Å². The molecule has 0 saturated heterocycles. The van der Waals surface area contributed by atoms with Crippen molar-refractivity contribution in [3.05, 3.63) is 54.1 Å². The van der Waals surface area contributed by atoms with Gasteiger partial charge in [-0.05, 0) is 30.3 Å². The van der Waals surface area contributed by atoms with Crippen molar-refractivity contribution < 1.29 is 17.6 Å². The Balaban J connectivity index is 2.26. The molecule has 0 unspecified atom stereocenters. The van der Waals surface area contributed by atoms with Gasteiger partial charge in [0.1, 0.15) is 5.82 Å². The second-order valence-electron chi connectivity index (χ2n) is 3.39. The second-order valence-corrected chi connectivity index (χ2v) is 3.39. The standard InChI is InChI=1S/C11H8F4N2/c12-9-7-8(11(13,14)15)3-4-10(9)16-17-5-1-2-6-17/h1-7,16H. The molecule has 0 atom stereocenters. The van der Waals surface area contributed by atoms with Crippen LogP contribution in [-0.4, -0.2) is 4.68 Å². The lowest BCUT2D eigenvalue weighted by Crippen LogP contribution is -2.10. The summed E-state index contributed by atoms with van der Waals surface area (Å²) in [6.07, 6.45) is -1.32. The molecule has 2 rings (SSSR count). The molecule has 2 aromatic rings. The minimum Gasteiger partial charge on any atom is -0.292 e. The lowest BCUT2D eigenvalue weighted by atomic mass is 10.2. The average Bonchev–Trinajstić information content (AvgIpc) is 2.72. The molecule has 90 valence electrons. The van der Waals surface area contributed by atoms with Crippen LogP contribution >= 0.6 is 0 Å². The van der Waals surface area contributed by atoms with Crippen molar-refractivity contribution in [2.45, 2.75) is 6.18 Å². The molecule has 0 aliphatic heterocycles. The molecule has 0 amide bonds. The van der Waals surface area contributed by atoms with Gasteiger partial charge in [0.25, 0.3) is 0 Å². The Kier molecular flexibility index (Phi) is 2.79. The monoisotopic (exact) mass is 244 g/mol. The van der Waals surface area contributed by atoms with E-state index in [0.29, 0.717) is 6.07 Å². The molecule has 0 spiro atoms. The third-order valence-electron chi connectivity index (χ3n) is 2.15. The molecule has 17 heavy (non-hydrogen) atoms. The smallest absolute Gasteiger partial charge is 0.292 e. The molecule has 0 fully saturated rings. The fourth-order valence-corrected chi connectivity index (χ4v) is 1.33. The summed E-state index contributed by atoms with van der Waals surface area (Å²) in [5.74, 6) is -0.950. The third-order valence-corrected chi connectivity index (χ3v) is 2.15. The van der Waals surface area contributed by atoms with Crippen molar-refractivity contribution in [3.8, 4) is 0 Å². The number of anilines is 1. The van der Waals surface area contributed by atoms with Crippen LogP contribution in [0.5, 0.6) is 0 Å². The van der Waals surface area contributed by atoms with E-state index in [0.717, 1.165) is 12.1 Å². The van der Waals surface area contributed by atoms with Gasteiger partial charge in [-0.3, -0.25) is 10.1 Å². The highest BCUT2D eigenvalue weighted by Gasteiger charge is 2.31. The molecule has 1 aromatic carbocycles. The Bertz CT molecular complexity index is 503. The van der Waals surface area contributed by atoms with E-state index in [1.807, 2.05) is 0 Å². The second kappa shape index (κ2) is 4.12. The van der Waals surface area contributed by atoms with Gasteiger partial charge in [0, 0.05) is 12.4 Å². The van der Waals surface area contributed by atoms with Crippen molar-refractivity contribution in [2.24, 2.45) is 0 Å². The highest BCUT2D eigenvalue weighted by Crippen LogP contribution is 2.31. The Morgan fingerprint density at radius 1 is 1.06 bits per heavy atom. The Morgan fingerprint density at radius 2 is 1.71 bits per heavy atom. The summed E-state index contributed by atoms with van der Waals surface area (Å²) in [4.78, 5) is 0. The Hall–Kier alpha value is -1.98. The zero-order valence-electron chi connectivity index (χ0n) is 8.50. The first-order valence-electron chi connectivity index (χ1n) is 4.73. The predicted octanol–water partition coefficient (Wildman–Crippen LogP) is 3.52. The van der Waals surface area contributed by atoms with E-state index in [1.54, 1.807) is 24.5 Å². The fourth-order valence-electron chi connectivity index (χ4n) is 1.33. The molecule has 2 nitrogen and oxygen atoms in total. The molecule has 0 bridgehead atoms. The summed E-state index contributed by atoms with van der Waals surface area (Å²) < 4.78 is 51.7. The SMILES string of the molecule is Fc1cc(C(F)(F)F)ccc1Nn1cccc1. The molecule has 0 aliphatic carbocycles. The minimum absolute atomic E-state index is 0.0193. The summed E-state index contributed by atoms with van der Waals surface area (Å²) in [6, 6.07) is 5.75. The number of alkyl halides is 3. The maximum absolute atomic E-state index is 13.4. The maximum Gasteiger partial charge on any atom is 0.416 e. The third kappa shape index (κ3) is 2.58. The van der Waals surface area contributed by atoms with Crippen LogP contribution in [0.3, 0.4) is 0 Å². The Labute approximate surface area is 94.5 Å². The number of nitrogens with zero attached hydrogens (tertiary/aromatic N) is 1. The van der Waals surface area contributed by atoms with Gasteiger partial charge in [0.05, 0.1) is 11.3 Å². The topological polar surface area (TPSA) is 17.0 Å². The number of nitrogens with one attached hydrogen (secondary N) is 1. The normalized spacial score (nSPS) is 11.5. The number of benzene rings is 1. The molecule has 1 N–H and O–H groups in total. The first-order chi connectivity index (χ1) is 7.97. The summed E-state index contributed by atoms with van der Waals surface area (Å²) in [5, 5.41) is 0. The van der Waals surface area contributed by atoms with Gasteiger partial charge in [-0.15, -0.1) is 0 Å². The van der Waals surface area contributed by atoms with Crippen LogP contribution in [0.25, 0.3) is 0 Å². The van der Waals surface area contributed by atoms with E-state index in [2.05, 4.69) is 5.43 Å². The highest BCUT2D eigenvalue weighted by molar-refractivity contribution is 5.46. The van der Waals surface area contributed by atoms with Crippen LogP contribution in [-0.2, 0) is 6.18 Å². The van der Waals surface area contributed by atoms with Crippen molar-refractivity contribution in [1.82, 2.24) is 4.68 Å². The fraction of sp³-hybridized carbons (Fsp3) is 0.0909. The number of hydrogen-bond donors (Lipinski definition) is 1. The molecular formula is C11H8F4N2. The van der Waals surface area contributed by atoms with Gasteiger partial charge in [-0.2, -0.15) is 13.2 Å². The number of halogens is 4. The van der Waals surface area contributed by atoms with Crippen LogP contribution < -0.4 is 5.43 Å². The zero-order chi connectivity index (χ0) is 12.5. The molecule has 0 aliphatic rings. The molecular weight excluding hydrogens is 236 g/mol. The van der Waals surface area contributed by atoms with Crippen LogP contribution in [0.4, 0.5) is 23.2 Å². The summed E-state index contributed by atoms with van der Waals surface area (Å²) >= 11 is 0. The summed E-state index contributed by atoms with van der Waals surface area (Å²) in [5.41, 5.74) is 1.58. The van der Waals surface area contributed by atoms with Gasteiger partial charge >= 0.3 is 6.18 Å². The van der Waals surface area contributed by atoms with E-state index in [9.17, 15) is 17.6 Å². The molecule has 0 radical (unpaired) electrons. The highest BCUT2D eigenvalue weighted by atomic mass is 19.4. The van der Waals surface area contributed by atoms with Crippen LogP contribution in [0, 0.1) is 5.82 Å². The molecule has 1 aromatic heterocycles. The summed E-state index contributed by atoms with van der Waals surface area (Å²) in [6.45, 7) is 0. The van der Waals surface area contributed by atoms with Gasteiger partial charge in [-0.25, -0.2) is 4.39 Å². The van der Waals surface area contributed by atoms with Crippen molar-refractivity contribution in [3.63, 3.8) is 0 Å². The first kappa shape index (κ1) is 11.5. The average molecular weight is 244 g/mol. The van der Waals surface area contributed by atoms with Crippen molar-refractivity contribution >= 4 is 5.69 Å². The Morgan fingerprint density at radius 3 is 2.24 bits per heavy atom. The molecule has 1 heterocycles.